The van der Waals surface area contributed by atoms with Crippen molar-refractivity contribution in [3.8, 4) is 0 Å². The third kappa shape index (κ3) is 1.47. The minimum Gasteiger partial charge on any atom is -0.472 e. The zero-order valence-corrected chi connectivity index (χ0v) is 8.28. The molecule has 0 saturated heterocycles. The van der Waals surface area contributed by atoms with Gasteiger partial charge in [0.1, 0.15) is 0 Å². The van der Waals surface area contributed by atoms with Crippen LogP contribution < -0.4 is 5.73 Å². The molecule has 0 radical (unpaired) electrons. The molecule has 3 N–H and O–H groups in total. The molecule has 1 unspecified atom stereocenters. The highest BCUT2D eigenvalue weighted by Gasteiger charge is 2.40. The summed E-state index contributed by atoms with van der Waals surface area (Å²) in [5.74, 6) is 0. The van der Waals surface area contributed by atoms with E-state index in [0.29, 0.717) is 6.54 Å². The lowest BCUT2D eigenvalue weighted by molar-refractivity contribution is 0.0329. The average molecular weight is 195 g/mol. The maximum atomic E-state index is 10.2. The Morgan fingerprint density at radius 3 is 2.71 bits per heavy atom. The second-order valence-electron chi connectivity index (χ2n) is 4.23. The highest BCUT2D eigenvalue weighted by atomic mass is 16.3. The number of aliphatic hydroxyl groups excluding tert-OH is 1. The molecule has 78 valence electrons. The van der Waals surface area contributed by atoms with Gasteiger partial charge in [0.05, 0.1) is 18.6 Å². The van der Waals surface area contributed by atoms with Gasteiger partial charge in [-0.05, 0) is 18.9 Å². The summed E-state index contributed by atoms with van der Waals surface area (Å²) in [6.07, 6.45) is 7.14. The zero-order valence-electron chi connectivity index (χ0n) is 8.28. The van der Waals surface area contributed by atoms with E-state index in [4.69, 9.17) is 10.2 Å². The number of furan rings is 1. The van der Waals surface area contributed by atoms with Gasteiger partial charge < -0.3 is 15.3 Å². The van der Waals surface area contributed by atoms with Crippen molar-refractivity contribution in [2.24, 2.45) is 11.1 Å². The minimum absolute atomic E-state index is 0.107. The van der Waals surface area contributed by atoms with Gasteiger partial charge >= 0.3 is 0 Å². The molecule has 0 amide bonds. The van der Waals surface area contributed by atoms with E-state index in [-0.39, 0.29) is 5.41 Å². The van der Waals surface area contributed by atoms with E-state index in [9.17, 15) is 5.11 Å². The van der Waals surface area contributed by atoms with Crippen LogP contribution in [-0.2, 0) is 0 Å². The molecule has 1 aromatic rings. The lowest BCUT2D eigenvalue weighted by Crippen LogP contribution is -2.33. The van der Waals surface area contributed by atoms with E-state index in [0.717, 1.165) is 18.4 Å². The first-order valence-corrected chi connectivity index (χ1v) is 5.19. The summed E-state index contributed by atoms with van der Waals surface area (Å²) in [6.45, 7) is 0.555. The summed E-state index contributed by atoms with van der Waals surface area (Å²) in [5, 5.41) is 10.2. The molecule has 3 heteroatoms. The molecule has 0 bridgehead atoms. The summed E-state index contributed by atoms with van der Waals surface area (Å²) in [6, 6.07) is 1.82. The van der Waals surface area contributed by atoms with Crippen LogP contribution in [0, 0.1) is 5.41 Å². The topological polar surface area (TPSA) is 59.4 Å². The van der Waals surface area contributed by atoms with E-state index in [1.807, 2.05) is 6.07 Å². The van der Waals surface area contributed by atoms with E-state index >= 15 is 0 Å². The number of aliphatic hydroxyl groups is 1. The van der Waals surface area contributed by atoms with E-state index < -0.39 is 6.10 Å². The molecule has 2 rings (SSSR count). The molecule has 1 aromatic heterocycles. The van der Waals surface area contributed by atoms with Crippen LogP contribution in [0.4, 0.5) is 0 Å². The predicted octanol–water partition coefficient (Wildman–Crippen LogP) is 1.83. The van der Waals surface area contributed by atoms with Crippen LogP contribution in [0.5, 0.6) is 0 Å². The third-order valence-corrected chi connectivity index (χ3v) is 3.44. The Morgan fingerprint density at radius 2 is 2.21 bits per heavy atom. The average Bonchev–Trinajstić information content (AvgIpc) is 2.89. The Hall–Kier alpha value is -0.800. The maximum absolute atomic E-state index is 10.2. The standard InChI is InChI=1S/C11H17NO2/c12-8-11(4-1-2-5-11)10(13)9-3-6-14-7-9/h3,6-7,10,13H,1-2,4-5,8,12H2. The molecule has 1 heterocycles. The summed E-state index contributed by atoms with van der Waals surface area (Å²) in [7, 11) is 0. The van der Waals surface area contributed by atoms with Crippen molar-refractivity contribution < 1.29 is 9.52 Å². The van der Waals surface area contributed by atoms with Gasteiger partial charge in [0.15, 0.2) is 0 Å². The molecule has 3 nitrogen and oxygen atoms in total. The fraction of sp³-hybridized carbons (Fsp3) is 0.636. The second kappa shape index (κ2) is 3.75. The zero-order chi connectivity index (χ0) is 10.0. The van der Waals surface area contributed by atoms with Gasteiger partial charge in [-0.25, -0.2) is 0 Å². The van der Waals surface area contributed by atoms with Gasteiger partial charge in [0, 0.05) is 17.5 Å². The van der Waals surface area contributed by atoms with Crippen LogP contribution in [0.1, 0.15) is 37.4 Å². The van der Waals surface area contributed by atoms with Crippen molar-refractivity contribution in [3.63, 3.8) is 0 Å². The lowest BCUT2D eigenvalue weighted by atomic mass is 9.78. The SMILES string of the molecule is NCC1(C(O)c2ccoc2)CCCC1. The molecule has 1 aliphatic rings. The van der Waals surface area contributed by atoms with E-state index in [1.165, 1.54) is 12.8 Å². The molecular weight excluding hydrogens is 178 g/mol. The monoisotopic (exact) mass is 195 g/mol. The Morgan fingerprint density at radius 1 is 1.50 bits per heavy atom. The van der Waals surface area contributed by atoms with E-state index in [1.54, 1.807) is 12.5 Å². The summed E-state index contributed by atoms with van der Waals surface area (Å²) in [5.41, 5.74) is 6.54. The molecule has 1 saturated carbocycles. The first-order chi connectivity index (χ1) is 6.78. The highest BCUT2D eigenvalue weighted by Crippen LogP contribution is 2.46. The predicted molar refractivity (Wildman–Crippen MR) is 53.6 cm³/mol. The molecule has 0 aromatic carbocycles. The fourth-order valence-electron chi connectivity index (χ4n) is 2.45. The molecule has 1 atom stereocenters. The van der Waals surface area contributed by atoms with Gasteiger partial charge in [-0.1, -0.05) is 12.8 Å². The van der Waals surface area contributed by atoms with Crippen LogP contribution in [0.15, 0.2) is 23.0 Å². The first-order valence-electron chi connectivity index (χ1n) is 5.19. The normalized spacial score (nSPS) is 22.4. The van der Waals surface area contributed by atoms with Crippen molar-refractivity contribution in [2.75, 3.05) is 6.54 Å². The van der Waals surface area contributed by atoms with Gasteiger partial charge in [0.2, 0.25) is 0 Å². The summed E-state index contributed by atoms with van der Waals surface area (Å²) < 4.78 is 4.98. The van der Waals surface area contributed by atoms with Crippen LogP contribution >= 0.6 is 0 Å². The summed E-state index contributed by atoms with van der Waals surface area (Å²) in [4.78, 5) is 0. The first kappa shape index (κ1) is 9.74. The van der Waals surface area contributed by atoms with Crippen molar-refractivity contribution in [1.82, 2.24) is 0 Å². The van der Waals surface area contributed by atoms with Crippen molar-refractivity contribution in [1.29, 1.82) is 0 Å². The van der Waals surface area contributed by atoms with Gasteiger partial charge in [-0.3, -0.25) is 0 Å². The number of hydrogen-bond acceptors (Lipinski definition) is 3. The van der Waals surface area contributed by atoms with Crippen LogP contribution in [0.2, 0.25) is 0 Å². The molecule has 0 spiro atoms. The third-order valence-electron chi connectivity index (χ3n) is 3.44. The van der Waals surface area contributed by atoms with Crippen molar-refractivity contribution in [3.05, 3.63) is 24.2 Å². The molecule has 0 aliphatic heterocycles. The summed E-state index contributed by atoms with van der Waals surface area (Å²) >= 11 is 0. The van der Waals surface area contributed by atoms with Crippen molar-refractivity contribution >= 4 is 0 Å². The Kier molecular flexibility index (Phi) is 2.61. The van der Waals surface area contributed by atoms with Crippen LogP contribution in [-0.4, -0.2) is 11.7 Å². The molecule has 1 aliphatic carbocycles. The highest BCUT2D eigenvalue weighted by molar-refractivity contribution is 5.14. The Bertz CT molecular complexity index is 275. The largest absolute Gasteiger partial charge is 0.472 e. The lowest BCUT2D eigenvalue weighted by Gasteiger charge is -2.32. The molecule has 14 heavy (non-hydrogen) atoms. The molecular formula is C11H17NO2. The Labute approximate surface area is 83.9 Å². The fourth-order valence-corrected chi connectivity index (χ4v) is 2.45. The Balaban J connectivity index is 2.19. The van der Waals surface area contributed by atoms with Crippen LogP contribution in [0.25, 0.3) is 0 Å². The number of rotatable bonds is 3. The minimum atomic E-state index is -0.464. The smallest absolute Gasteiger partial charge is 0.0960 e. The van der Waals surface area contributed by atoms with Crippen molar-refractivity contribution in [2.45, 2.75) is 31.8 Å². The maximum Gasteiger partial charge on any atom is 0.0960 e. The number of nitrogens with two attached hydrogens (primary N) is 1. The van der Waals surface area contributed by atoms with Gasteiger partial charge in [-0.2, -0.15) is 0 Å². The second-order valence-corrected chi connectivity index (χ2v) is 4.23. The molecule has 1 fully saturated rings. The van der Waals surface area contributed by atoms with Crippen LogP contribution in [0.3, 0.4) is 0 Å². The van der Waals surface area contributed by atoms with E-state index in [2.05, 4.69) is 0 Å². The van der Waals surface area contributed by atoms with Gasteiger partial charge in [0.25, 0.3) is 0 Å². The quantitative estimate of drug-likeness (QED) is 0.773. The van der Waals surface area contributed by atoms with Gasteiger partial charge in [-0.15, -0.1) is 0 Å². The number of hydrogen-bond donors (Lipinski definition) is 2.